The Balaban J connectivity index is 1.34. The number of carbonyl (C=O) groups excluding carboxylic acids is 3. The number of fused-ring (bicyclic) bond motifs is 2. The Bertz CT molecular complexity index is 1860. The Labute approximate surface area is 240 Å². The second-order valence-electron chi connectivity index (χ2n) is 9.93. The van der Waals surface area contributed by atoms with Crippen molar-refractivity contribution in [3.63, 3.8) is 0 Å². The maximum atomic E-state index is 13.7. The molecule has 0 fully saturated rings. The molecule has 6 rings (SSSR count). The Morgan fingerprint density at radius 2 is 1.52 bits per heavy atom. The van der Waals surface area contributed by atoms with Gasteiger partial charge in [-0.15, -0.1) is 0 Å². The molecule has 0 spiro atoms. The summed E-state index contributed by atoms with van der Waals surface area (Å²) in [5.41, 5.74) is 9.79. The van der Waals surface area contributed by atoms with Crippen LogP contribution in [0.3, 0.4) is 0 Å². The summed E-state index contributed by atoms with van der Waals surface area (Å²) in [7, 11) is 1.99. The van der Waals surface area contributed by atoms with Gasteiger partial charge in [0.25, 0.3) is 23.4 Å². The zero-order valence-corrected chi connectivity index (χ0v) is 22.5. The average Bonchev–Trinajstić information content (AvgIpc) is 3.46. The first-order valence-electron chi connectivity index (χ1n) is 13.2. The van der Waals surface area contributed by atoms with Crippen molar-refractivity contribution in [2.75, 3.05) is 6.54 Å². The number of nitrogens with zero attached hydrogens (tertiary/aromatic N) is 3. The number of hydrogen-bond acceptors (Lipinski definition) is 5. The molecule has 2 N–H and O–H groups in total. The molecule has 42 heavy (non-hydrogen) atoms. The van der Waals surface area contributed by atoms with E-state index in [0.717, 1.165) is 33.3 Å². The molecule has 1 atom stereocenters. The average molecular weight is 560 g/mol. The van der Waals surface area contributed by atoms with Crippen LogP contribution in [0.1, 0.15) is 37.9 Å². The van der Waals surface area contributed by atoms with E-state index in [-0.39, 0.29) is 23.7 Å². The van der Waals surface area contributed by atoms with E-state index in [4.69, 9.17) is 0 Å². The number of carbonyl (C=O) groups is 3. The number of nitrogens with one attached hydrogen (secondary N) is 2. The zero-order valence-electron chi connectivity index (χ0n) is 22.5. The van der Waals surface area contributed by atoms with E-state index in [2.05, 4.69) is 15.4 Å². The van der Waals surface area contributed by atoms with Gasteiger partial charge in [-0.05, 0) is 35.4 Å². The van der Waals surface area contributed by atoms with Crippen LogP contribution in [0.4, 0.5) is 5.69 Å². The van der Waals surface area contributed by atoms with E-state index >= 15 is 0 Å². The summed E-state index contributed by atoms with van der Waals surface area (Å²) in [4.78, 5) is 51.3. The van der Waals surface area contributed by atoms with Gasteiger partial charge in [0.05, 0.1) is 16.7 Å². The first kappa shape index (κ1) is 26.5. The normalized spacial score (nSPS) is 14.1. The highest BCUT2D eigenvalue weighted by Crippen LogP contribution is 2.46. The minimum atomic E-state index is -0.647. The predicted octanol–water partition coefficient (Wildman–Crippen LogP) is 4.76. The molecule has 10 heteroatoms. The van der Waals surface area contributed by atoms with Crippen molar-refractivity contribution in [3.05, 3.63) is 135 Å². The molecule has 208 valence electrons. The lowest BCUT2D eigenvalue weighted by Crippen LogP contribution is -2.47. The lowest BCUT2D eigenvalue weighted by Gasteiger charge is -2.26. The fourth-order valence-corrected chi connectivity index (χ4v) is 5.62. The standard InChI is InChI=1S/C32H25N5O5/c1-35-26-14-8-7-13-25(26)28(29(35)20-9-3-2-4-10-20)30-23-11-5-6-12-24(23)32(40)36(30)19-27(38)33-34-31(39)21-15-17-22(18-16-21)37(41)42/h2-18,30H,19H2,1H3,(H,33,38)(H,34,39). The van der Waals surface area contributed by atoms with Gasteiger partial charge >= 0.3 is 0 Å². The van der Waals surface area contributed by atoms with Crippen LogP contribution >= 0.6 is 0 Å². The number of para-hydroxylation sites is 1. The number of rotatable bonds is 6. The number of amides is 3. The number of aromatic nitrogens is 1. The molecule has 0 bridgehead atoms. The van der Waals surface area contributed by atoms with Crippen molar-refractivity contribution < 1.29 is 19.3 Å². The van der Waals surface area contributed by atoms with E-state index < -0.39 is 22.8 Å². The molecule has 10 nitrogen and oxygen atoms in total. The largest absolute Gasteiger partial charge is 0.343 e. The van der Waals surface area contributed by atoms with Crippen molar-refractivity contribution in [2.24, 2.45) is 7.05 Å². The highest BCUT2D eigenvalue weighted by atomic mass is 16.6. The minimum Gasteiger partial charge on any atom is -0.343 e. The van der Waals surface area contributed by atoms with Crippen LogP contribution in [0, 0.1) is 10.1 Å². The van der Waals surface area contributed by atoms with Crippen LogP contribution < -0.4 is 10.9 Å². The summed E-state index contributed by atoms with van der Waals surface area (Å²) in [5, 5.41) is 11.9. The van der Waals surface area contributed by atoms with Gasteiger partial charge in [0.15, 0.2) is 0 Å². The highest BCUT2D eigenvalue weighted by molar-refractivity contribution is 6.04. The molecular formula is C32H25N5O5. The second-order valence-corrected chi connectivity index (χ2v) is 9.93. The smallest absolute Gasteiger partial charge is 0.269 e. The van der Waals surface area contributed by atoms with E-state index in [9.17, 15) is 24.5 Å². The summed E-state index contributed by atoms with van der Waals surface area (Å²) in [6, 6.07) is 29.6. The maximum absolute atomic E-state index is 13.7. The first-order chi connectivity index (χ1) is 20.3. The fourth-order valence-electron chi connectivity index (χ4n) is 5.62. The van der Waals surface area contributed by atoms with E-state index in [1.165, 1.54) is 29.2 Å². The molecule has 0 aliphatic carbocycles. The molecule has 3 amide bonds. The zero-order chi connectivity index (χ0) is 29.4. The topological polar surface area (TPSA) is 127 Å². The lowest BCUT2D eigenvalue weighted by atomic mass is 9.93. The molecule has 1 aliphatic rings. The van der Waals surface area contributed by atoms with E-state index in [1.807, 2.05) is 73.8 Å². The van der Waals surface area contributed by atoms with Gasteiger partial charge in [0, 0.05) is 46.8 Å². The third-order valence-corrected chi connectivity index (χ3v) is 7.49. The summed E-state index contributed by atoms with van der Waals surface area (Å²) >= 11 is 0. The molecule has 4 aromatic carbocycles. The Morgan fingerprint density at radius 3 is 2.26 bits per heavy atom. The van der Waals surface area contributed by atoms with Gasteiger partial charge in [0.2, 0.25) is 0 Å². The van der Waals surface area contributed by atoms with Crippen molar-refractivity contribution >= 4 is 34.3 Å². The molecule has 1 unspecified atom stereocenters. The van der Waals surface area contributed by atoms with Gasteiger partial charge in [-0.1, -0.05) is 66.7 Å². The van der Waals surface area contributed by atoms with E-state index in [1.54, 1.807) is 12.1 Å². The Morgan fingerprint density at radius 1 is 0.857 bits per heavy atom. The Kier molecular flexibility index (Phi) is 6.71. The molecule has 1 aromatic heterocycles. The molecule has 1 aliphatic heterocycles. The minimum absolute atomic E-state index is 0.131. The van der Waals surface area contributed by atoms with Gasteiger partial charge in [-0.2, -0.15) is 0 Å². The summed E-state index contributed by atoms with van der Waals surface area (Å²) in [6.07, 6.45) is 0. The van der Waals surface area contributed by atoms with Gasteiger partial charge in [-0.25, -0.2) is 0 Å². The molecule has 0 saturated carbocycles. The van der Waals surface area contributed by atoms with Crippen LogP contribution in [-0.4, -0.2) is 38.7 Å². The van der Waals surface area contributed by atoms with Crippen molar-refractivity contribution in [2.45, 2.75) is 6.04 Å². The predicted molar refractivity (Wildman–Crippen MR) is 156 cm³/mol. The number of hydrogen-bond donors (Lipinski definition) is 2. The highest BCUT2D eigenvalue weighted by Gasteiger charge is 2.41. The molecule has 2 heterocycles. The van der Waals surface area contributed by atoms with Gasteiger partial charge in [0.1, 0.15) is 6.54 Å². The fraction of sp³-hybridized carbons (Fsp3) is 0.0938. The monoisotopic (exact) mass is 559 g/mol. The van der Waals surface area contributed by atoms with Crippen molar-refractivity contribution in [3.8, 4) is 11.3 Å². The van der Waals surface area contributed by atoms with Gasteiger partial charge < -0.3 is 9.47 Å². The molecule has 0 radical (unpaired) electrons. The number of nitro groups is 1. The number of aryl methyl sites for hydroxylation is 1. The molecular weight excluding hydrogens is 534 g/mol. The van der Waals surface area contributed by atoms with Crippen molar-refractivity contribution in [1.82, 2.24) is 20.3 Å². The van der Waals surface area contributed by atoms with Crippen LogP contribution in [0.25, 0.3) is 22.2 Å². The van der Waals surface area contributed by atoms with Crippen LogP contribution in [-0.2, 0) is 11.8 Å². The third-order valence-electron chi connectivity index (χ3n) is 7.49. The van der Waals surface area contributed by atoms with E-state index in [0.29, 0.717) is 5.56 Å². The SMILES string of the molecule is Cn1c(-c2ccccc2)c(C2c3ccccc3C(=O)N2CC(=O)NNC(=O)c2ccc([N+](=O)[O-])cc2)c2ccccc21. The third kappa shape index (κ3) is 4.54. The number of nitro benzene ring substituents is 1. The Hall–Kier alpha value is -5.77. The lowest BCUT2D eigenvalue weighted by molar-refractivity contribution is -0.384. The van der Waals surface area contributed by atoms with Gasteiger partial charge in [-0.3, -0.25) is 35.3 Å². The van der Waals surface area contributed by atoms with Crippen molar-refractivity contribution in [1.29, 1.82) is 0 Å². The number of benzene rings is 4. The summed E-state index contributed by atoms with van der Waals surface area (Å²) < 4.78 is 2.11. The molecule has 0 saturated heterocycles. The second kappa shape index (κ2) is 10.7. The molecule has 5 aromatic rings. The van der Waals surface area contributed by atoms with Crippen LogP contribution in [0.5, 0.6) is 0 Å². The number of hydrazine groups is 1. The first-order valence-corrected chi connectivity index (χ1v) is 13.2. The van der Waals surface area contributed by atoms with Crippen LogP contribution in [0.15, 0.2) is 103 Å². The summed E-state index contributed by atoms with van der Waals surface area (Å²) in [6.45, 7) is -0.323. The number of non-ortho nitro benzene ring substituents is 1. The maximum Gasteiger partial charge on any atom is 0.269 e. The van der Waals surface area contributed by atoms with Crippen LogP contribution in [0.2, 0.25) is 0 Å². The quantitative estimate of drug-likeness (QED) is 0.229. The summed E-state index contributed by atoms with van der Waals surface area (Å²) in [5.74, 6) is -1.54.